The van der Waals surface area contributed by atoms with Crippen molar-refractivity contribution < 1.29 is 9.13 Å². The van der Waals surface area contributed by atoms with Crippen LogP contribution < -0.4 is 5.32 Å². The number of ether oxygens (including phenoxy) is 1. The van der Waals surface area contributed by atoms with Gasteiger partial charge in [0.2, 0.25) is 0 Å². The number of hydrogen-bond donors (Lipinski definition) is 1. The minimum absolute atomic E-state index is 0.229. The van der Waals surface area contributed by atoms with Crippen LogP contribution in [0, 0.1) is 5.82 Å². The van der Waals surface area contributed by atoms with Crippen LogP contribution in [0.5, 0.6) is 0 Å². The maximum Gasteiger partial charge on any atom is 0.123 e. The van der Waals surface area contributed by atoms with Crippen molar-refractivity contribution in [3.63, 3.8) is 0 Å². The third-order valence-corrected chi connectivity index (χ3v) is 3.98. The van der Waals surface area contributed by atoms with Gasteiger partial charge in [0.1, 0.15) is 11.6 Å². The summed E-state index contributed by atoms with van der Waals surface area (Å²) in [4.78, 5) is 0. The molecular weight excluding hydrogens is 337 g/mol. The largest absolute Gasteiger partial charge is 0.494 e. The zero-order valence-corrected chi connectivity index (χ0v) is 16.0. The van der Waals surface area contributed by atoms with Crippen LogP contribution in [0.2, 0.25) is 0 Å². The van der Waals surface area contributed by atoms with Crippen LogP contribution in [0.4, 0.5) is 4.39 Å². The molecule has 0 radical (unpaired) electrons. The summed E-state index contributed by atoms with van der Waals surface area (Å²) in [6.07, 6.45) is 4.41. The van der Waals surface area contributed by atoms with E-state index in [0.29, 0.717) is 18.8 Å². The van der Waals surface area contributed by atoms with Gasteiger partial charge in [-0.15, -0.1) is 0 Å². The van der Waals surface area contributed by atoms with Gasteiger partial charge in [0.25, 0.3) is 0 Å². The van der Waals surface area contributed by atoms with E-state index < -0.39 is 0 Å². The molecule has 0 aromatic heterocycles. The Kier molecular flexibility index (Phi) is 7.63. The minimum Gasteiger partial charge on any atom is -0.494 e. The molecular formula is C24H26FNO. The molecule has 2 aromatic rings. The normalized spacial score (nSPS) is 12.2. The summed E-state index contributed by atoms with van der Waals surface area (Å²) in [6, 6.07) is 16.5. The minimum atomic E-state index is -0.229. The van der Waals surface area contributed by atoms with Crippen molar-refractivity contribution in [2.75, 3.05) is 6.61 Å². The SMILES string of the molecule is C=CN/C(=C(\C=C(/C)Cc1ccc(F)cc1)C(=C)OCC)c1ccccc1. The highest BCUT2D eigenvalue weighted by Crippen LogP contribution is 2.25. The molecule has 27 heavy (non-hydrogen) atoms. The topological polar surface area (TPSA) is 21.3 Å². The lowest BCUT2D eigenvalue weighted by Gasteiger charge is -2.17. The van der Waals surface area contributed by atoms with Crippen molar-refractivity contribution in [3.05, 3.63) is 114 Å². The molecule has 2 nitrogen and oxygen atoms in total. The molecule has 0 atom stereocenters. The van der Waals surface area contributed by atoms with Gasteiger partial charge in [-0.25, -0.2) is 4.39 Å². The standard InChI is InChI=1S/C24H26FNO/c1-5-26-24(21-10-8-7-9-11-21)23(19(4)27-6-2)17-18(3)16-20-12-14-22(25)15-13-20/h5,7-15,17,26H,1,4,6,16H2,2-3H3/b18-17+,24-23+. The zero-order chi connectivity index (χ0) is 19.6. The van der Waals surface area contributed by atoms with Crippen molar-refractivity contribution >= 4 is 5.70 Å². The van der Waals surface area contributed by atoms with Gasteiger partial charge in [0.05, 0.1) is 12.3 Å². The Hall–Kier alpha value is -3.07. The van der Waals surface area contributed by atoms with Crippen LogP contribution in [0.15, 0.2) is 96.9 Å². The highest BCUT2D eigenvalue weighted by atomic mass is 19.1. The molecule has 2 rings (SSSR count). The highest BCUT2D eigenvalue weighted by Gasteiger charge is 2.12. The van der Waals surface area contributed by atoms with Crippen molar-refractivity contribution in [2.24, 2.45) is 0 Å². The van der Waals surface area contributed by atoms with Gasteiger partial charge in [0.15, 0.2) is 0 Å². The molecule has 0 saturated heterocycles. The highest BCUT2D eigenvalue weighted by molar-refractivity contribution is 5.73. The van der Waals surface area contributed by atoms with Crippen LogP contribution in [-0.2, 0) is 11.2 Å². The molecule has 140 valence electrons. The summed E-state index contributed by atoms with van der Waals surface area (Å²) in [6.45, 7) is 12.4. The number of benzene rings is 2. The van der Waals surface area contributed by atoms with E-state index in [-0.39, 0.29) is 5.82 Å². The summed E-state index contributed by atoms with van der Waals surface area (Å²) in [5, 5.41) is 3.22. The van der Waals surface area contributed by atoms with E-state index in [9.17, 15) is 4.39 Å². The number of hydrogen-bond acceptors (Lipinski definition) is 2. The van der Waals surface area contributed by atoms with Crippen molar-refractivity contribution in [1.29, 1.82) is 0 Å². The average molecular weight is 363 g/mol. The summed E-state index contributed by atoms with van der Waals surface area (Å²) in [5.41, 5.74) is 4.91. The van der Waals surface area contributed by atoms with Gasteiger partial charge in [-0.3, -0.25) is 0 Å². The van der Waals surface area contributed by atoms with E-state index in [1.54, 1.807) is 18.3 Å². The molecule has 1 N–H and O–H groups in total. The molecule has 0 saturated carbocycles. The molecule has 0 bridgehead atoms. The van der Waals surface area contributed by atoms with E-state index in [1.807, 2.05) is 44.2 Å². The number of rotatable bonds is 9. The average Bonchev–Trinajstić information content (AvgIpc) is 2.67. The summed E-state index contributed by atoms with van der Waals surface area (Å²) in [5.74, 6) is 0.358. The summed E-state index contributed by atoms with van der Waals surface area (Å²) < 4.78 is 18.8. The maximum absolute atomic E-state index is 13.1. The van der Waals surface area contributed by atoms with E-state index in [2.05, 4.69) is 24.6 Å². The Morgan fingerprint density at radius 1 is 1.11 bits per heavy atom. The van der Waals surface area contributed by atoms with E-state index >= 15 is 0 Å². The van der Waals surface area contributed by atoms with Crippen LogP contribution >= 0.6 is 0 Å². The number of halogens is 1. The first-order valence-corrected chi connectivity index (χ1v) is 8.96. The second-order valence-corrected chi connectivity index (χ2v) is 6.15. The monoisotopic (exact) mass is 363 g/mol. The molecule has 0 aliphatic rings. The van der Waals surface area contributed by atoms with Gasteiger partial charge in [-0.05, 0) is 55.8 Å². The van der Waals surface area contributed by atoms with Crippen LogP contribution in [0.25, 0.3) is 5.70 Å². The number of allylic oxidation sites excluding steroid dienone is 2. The maximum atomic E-state index is 13.1. The van der Waals surface area contributed by atoms with Crippen molar-refractivity contribution in [1.82, 2.24) is 5.32 Å². The summed E-state index contributed by atoms with van der Waals surface area (Å²) >= 11 is 0. The quantitative estimate of drug-likeness (QED) is 0.435. The molecule has 0 fully saturated rings. The second-order valence-electron chi connectivity index (χ2n) is 6.15. The molecule has 0 aliphatic heterocycles. The fourth-order valence-corrected chi connectivity index (χ4v) is 2.79. The molecule has 0 spiro atoms. The molecule has 0 unspecified atom stereocenters. The molecule has 0 heterocycles. The van der Waals surface area contributed by atoms with E-state index in [0.717, 1.165) is 28.0 Å². The predicted octanol–water partition coefficient (Wildman–Crippen LogP) is 6.01. The summed E-state index contributed by atoms with van der Waals surface area (Å²) in [7, 11) is 0. The fraction of sp³-hybridized carbons (Fsp3) is 0.167. The third kappa shape index (κ3) is 6.00. The smallest absolute Gasteiger partial charge is 0.123 e. The Morgan fingerprint density at radius 2 is 1.78 bits per heavy atom. The Labute approximate surface area is 161 Å². The lowest BCUT2D eigenvalue weighted by Crippen LogP contribution is -2.09. The van der Waals surface area contributed by atoms with Gasteiger partial charge in [-0.2, -0.15) is 0 Å². The molecule has 0 aliphatic carbocycles. The first-order chi connectivity index (χ1) is 13.0. The first kappa shape index (κ1) is 20.2. The van der Waals surface area contributed by atoms with Crippen LogP contribution in [0.3, 0.4) is 0 Å². The van der Waals surface area contributed by atoms with Crippen molar-refractivity contribution in [3.8, 4) is 0 Å². The van der Waals surface area contributed by atoms with Crippen LogP contribution in [0.1, 0.15) is 25.0 Å². The molecule has 2 aromatic carbocycles. The fourth-order valence-electron chi connectivity index (χ4n) is 2.79. The Balaban J connectivity index is 2.46. The molecule has 0 amide bonds. The van der Waals surface area contributed by atoms with Gasteiger partial charge < -0.3 is 10.1 Å². The third-order valence-electron chi connectivity index (χ3n) is 3.98. The van der Waals surface area contributed by atoms with Gasteiger partial charge >= 0.3 is 0 Å². The number of nitrogens with one attached hydrogen (secondary N) is 1. The van der Waals surface area contributed by atoms with E-state index in [1.165, 1.54) is 12.1 Å². The zero-order valence-electron chi connectivity index (χ0n) is 16.0. The lowest BCUT2D eigenvalue weighted by molar-refractivity contribution is 0.241. The predicted molar refractivity (Wildman–Crippen MR) is 111 cm³/mol. The Morgan fingerprint density at radius 3 is 2.37 bits per heavy atom. The Bertz CT molecular complexity index is 832. The van der Waals surface area contributed by atoms with Gasteiger partial charge in [0, 0.05) is 5.57 Å². The van der Waals surface area contributed by atoms with Gasteiger partial charge in [-0.1, -0.05) is 61.2 Å². The first-order valence-electron chi connectivity index (χ1n) is 8.96. The van der Waals surface area contributed by atoms with E-state index in [4.69, 9.17) is 4.74 Å². The van der Waals surface area contributed by atoms with Crippen molar-refractivity contribution in [2.45, 2.75) is 20.3 Å². The molecule has 3 heteroatoms. The van der Waals surface area contributed by atoms with Crippen LogP contribution in [-0.4, -0.2) is 6.61 Å². The second kappa shape index (κ2) is 10.2. The lowest BCUT2D eigenvalue weighted by atomic mass is 9.99.